The molecule has 0 rings (SSSR count). The van der Waals surface area contributed by atoms with Crippen LogP contribution >= 0.6 is 0 Å². The number of allylic oxidation sites excluding steroid dienone is 8. The fourth-order valence-corrected chi connectivity index (χ4v) is 8.67. The summed E-state index contributed by atoms with van der Waals surface area (Å²) in [7, 11) is 0. The SMILES string of the molecule is CC/C=C\C/C=C\C/C=C\C/C=C\CCCCCCCCCCCCCCCCC(=O)OCC(COC(=O)CCCCCCCCCCCCC)OC(=O)CCCCCCCCCCCCCC. The minimum Gasteiger partial charge on any atom is -0.462 e. The van der Waals surface area contributed by atoms with Crippen molar-refractivity contribution in [1.29, 1.82) is 0 Å². The van der Waals surface area contributed by atoms with Crippen molar-refractivity contribution < 1.29 is 28.6 Å². The van der Waals surface area contributed by atoms with Gasteiger partial charge in [0.15, 0.2) is 6.10 Å². The molecule has 0 aromatic heterocycles. The lowest BCUT2D eigenvalue weighted by Gasteiger charge is -2.18. The first kappa shape index (κ1) is 65.4. The van der Waals surface area contributed by atoms with E-state index in [1.807, 2.05) is 0 Å². The maximum atomic E-state index is 12.8. The lowest BCUT2D eigenvalue weighted by Crippen LogP contribution is -2.30. The van der Waals surface area contributed by atoms with Crippen LogP contribution in [0.15, 0.2) is 48.6 Å². The van der Waals surface area contributed by atoms with Crippen molar-refractivity contribution in [2.45, 2.75) is 316 Å². The number of rotatable bonds is 54. The molecule has 0 radical (unpaired) electrons. The van der Waals surface area contributed by atoms with E-state index < -0.39 is 6.10 Å². The second kappa shape index (κ2) is 57.0. The molecule has 1 unspecified atom stereocenters. The molecule has 0 aliphatic carbocycles. The zero-order valence-corrected chi connectivity index (χ0v) is 45.4. The van der Waals surface area contributed by atoms with Gasteiger partial charge in [-0.05, 0) is 57.8 Å². The van der Waals surface area contributed by atoms with Crippen LogP contribution < -0.4 is 0 Å². The Balaban J connectivity index is 4.14. The van der Waals surface area contributed by atoms with Gasteiger partial charge < -0.3 is 14.2 Å². The number of unbranched alkanes of at least 4 members (excludes halogenated alkanes) is 35. The van der Waals surface area contributed by atoms with E-state index in [1.165, 1.54) is 186 Å². The van der Waals surface area contributed by atoms with Gasteiger partial charge in [0.1, 0.15) is 13.2 Å². The number of esters is 3. The zero-order valence-electron chi connectivity index (χ0n) is 45.4. The molecule has 68 heavy (non-hydrogen) atoms. The highest BCUT2D eigenvalue weighted by Crippen LogP contribution is 2.17. The Morgan fingerprint density at radius 2 is 0.574 bits per heavy atom. The highest BCUT2D eigenvalue weighted by Gasteiger charge is 2.19. The molecule has 0 aliphatic rings. The van der Waals surface area contributed by atoms with Crippen LogP contribution in [0.4, 0.5) is 0 Å². The summed E-state index contributed by atoms with van der Waals surface area (Å²) >= 11 is 0. The Morgan fingerprint density at radius 3 is 0.897 bits per heavy atom. The summed E-state index contributed by atoms with van der Waals surface area (Å²) in [5.74, 6) is -0.853. The summed E-state index contributed by atoms with van der Waals surface area (Å²) in [6, 6.07) is 0. The largest absolute Gasteiger partial charge is 0.462 e. The molecule has 396 valence electrons. The van der Waals surface area contributed by atoms with Crippen molar-refractivity contribution in [2.75, 3.05) is 13.2 Å². The third-order valence-electron chi connectivity index (χ3n) is 13.1. The van der Waals surface area contributed by atoms with Crippen LogP contribution in [-0.4, -0.2) is 37.2 Å². The van der Waals surface area contributed by atoms with Gasteiger partial charge in [-0.2, -0.15) is 0 Å². The number of hydrogen-bond donors (Lipinski definition) is 0. The average molecular weight is 954 g/mol. The summed E-state index contributed by atoms with van der Waals surface area (Å²) in [6.07, 6.45) is 69.7. The summed E-state index contributed by atoms with van der Waals surface area (Å²) in [5.41, 5.74) is 0. The number of hydrogen-bond acceptors (Lipinski definition) is 6. The van der Waals surface area contributed by atoms with E-state index in [9.17, 15) is 14.4 Å². The van der Waals surface area contributed by atoms with Gasteiger partial charge in [0.05, 0.1) is 0 Å². The number of ether oxygens (including phenoxy) is 3. The van der Waals surface area contributed by atoms with Crippen LogP contribution in [0.1, 0.15) is 310 Å². The first-order valence-electron chi connectivity index (χ1n) is 29.6. The lowest BCUT2D eigenvalue weighted by molar-refractivity contribution is -0.167. The fraction of sp³-hybridized carbons (Fsp3) is 0.823. The second-order valence-corrected chi connectivity index (χ2v) is 19.9. The van der Waals surface area contributed by atoms with Gasteiger partial charge in [-0.3, -0.25) is 14.4 Å². The first-order chi connectivity index (χ1) is 33.5. The van der Waals surface area contributed by atoms with Gasteiger partial charge in [0, 0.05) is 19.3 Å². The highest BCUT2D eigenvalue weighted by molar-refractivity contribution is 5.71. The molecule has 0 fully saturated rings. The molecule has 0 aliphatic heterocycles. The molecule has 0 amide bonds. The average Bonchev–Trinajstić information content (AvgIpc) is 3.34. The summed E-state index contributed by atoms with van der Waals surface area (Å²) < 4.78 is 16.9. The normalized spacial score (nSPS) is 12.3. The topological polar surface area (TPSA) is 78.9 Å². The minimum absolute atomic E-state index is 0.0674. The number of carbonyl (C=O) groups is 3. The molecule has 0 aromatic rings. The van der Waals surface area contributed by atoms with E-state index in [4.69, 9.17) is 14.2 Å². The van der Waals surface area contributed by atoms with Crippen LogP contribution in [0.3, 0.4) is 0 Å². The van der Waals surface area contributed by atoms with Crippen LogP contribution in [-0.2, 0) is 28.6 Å². The first-order valence-corrected chi connectivity index (χ1v) is 29.6. The monoisotopic (exact) mass is 953 g/mol. The molecule has 0 saturated carbocycles. The summed E-state index contributed by atoms with van der Waals surface area (Å²) in [4.78, 5) is 38.1. The van der Waals surface area contributed by atoms with Gasteiger partial charge in [0.2, 0.25) is 0 Å². The molecule has 0 bridgehead atoms. The van der Waals surface area contributed by atoms with Crippen LogP contribution in [0.25, 0.3) is 0 Å². The Labute approximate surface area is 422 Å². The molecule has 0 saturated heterocycles. The van der Waals surface area contributed by atoms with E-state index in [2.05, 4.69) is 69.4 Å². The zero-order chi connectivity index (χ0) is 49.3. The molecular formula is C62H112O6. The minimum atomic E-state index is -0.767. The third kappa shape index (κ3) is 54.3. The smallest absolute Gasteiger partial charge is 0.306 e. The fourth-order valence-electron chi connectivity index (χ4n) is 8.67. The molecule has 1 atom stereocenters. The summed E-state index contributed by atoms with van der Waals surface area (Å²) in [5, 5.41) is 0. The van der Waals surface area contributed by atoms with Gasteiger partial charge in [-0.1, -0.05) is 281 Å². The van der Waals surface area contributed by atoms with Crippen molar-refractivity contribution >= 4 is 17.9 Å². The molecule has 0 heterocycles. The number of carbonyl (C=O) groups excluding carboxylic acids is 3. The lowest BCUT2D eigenvalue weighted by atomic mass is 10.0. The Morgan fingerprint density at radius 1 is 0.309 bits per heavy atom. The molecule has 6 heteroatoms. The van der Waals surface area contributed by atoms with E-state index in [1.54, 1.807) is 0 Å². The standard InChI is InChI=1S/C62H112O6/c1-4-7-10-13-16-19-22-24-25-26-27-28-29-30-31-32-33-34-35-36-37-38-41-43-46-49-52-55-61(64)67-58-59(57-66-60(63)54-51-48-45-42-39-21-18-15-12-9-6-3)68-62(65)56-53-50-47-44-40-23-20-17-14-11-8-5-2/h7,10,16,19,24-25,27-28,59H,4-6,8-9,11-15,17-18,20-23,26,29-58H2,1-3H3/b10-7-,19-16-,25-24-,28-27-. The maximum Gasteiger partial charge on any atom is 0.306 e. The molecule has 0 spiro atoms. The van der Waals surface area contributed by atoms with Gasteiger partial charge in [-0.15, -0.1) is 0 Å². The Kier molecular flexibility index (Phi) is 54.8. The van der Waals surface area contributed by atoms with E-state index in [-0.39, 0.29) is 31.1 Å². The molecule has 6 nitrogen and oxygen atoms in total. The Hall–Kier alpha value is -2.63. The van der Waals surface area contributed by atoms with Crippen molar-refractivity contribution in [3.63, 3.8) is 0 Å². The van der Waals surface area contributed by atoms with Crippen molar-refractivity contribution in [3.05, 3.63) is 48.6 Å². The van der Waals surface area contributed by atoms with E-state index >= 15 is 0 Å². The van der Waals surface area contributed by atoms with Gasteiger partial charge >= 0.3 is 17.9 Å². The van der Waals surface area contributed by atoms with Crippen LogP contribution in [0.2, 0.25) is 0 Å². The van der Waals surface area contributed by atoms with Crippen LogP contribution in [0, 0.1) is 0 Å². The Bertz CT molecular complexity index is 1190. The predicted molar refractivity (Wildman–Crippen MR) is 293 cm³/mol. The second-order valence-electron chi connectivity index (χ2n) is 19.9. The highest BCUT2D eigenvalue weighted by atomic mass is 16.6. The maximum absolute atomic E-state index is 12.8. The van der Waals surface area contributed by atoms with Crippen LogP contribution in [0.5, 0.6) is 0 Å². The molecular weight excluding hydrogens is 841 g/mol. The summed E-state index contributed by atoms with van der Waals surface area (Å²) in [6.45, 7) is 6.55. The van der Waals surface area contributed by atoms with Gasteiger partial charge in [0.25, 0.3) is 0 Å². The third-order valence-corrected chi connectivity index (χ3v) is 13.1. The quantitative estimate of drug-likeness (QED) is 0.0262. The molecule has 0 N–H and O–H groups in total. The van der Waals surface area contributed by atoms with E-state index in [0.29, 0.717) is 19.3 Å². The van der Waals surface area contributed by atoms with Crippen molar-refractivity contribution in [1.82, 2.24) is 0 Å². The predicted octanol–water partition coefficient (Wildman–Crippen LogP) is 19.8. The van der Waals surface area contributed by atoms with Gasteiger partial charge in [-0.25, -0.2) is 0 Å². The van der Waals surface area contributed by atoms with Crippen molar-refractivity contribution in [3.8, 4) is 0 Å². The molecule has 0 aromatic carbocycles. The van der Waals surface area contributed by atoms with Crippen molar-refractivity contribution in [2.24, 2.45) is 0 Å². The van der Waals surface area contributed by atoms with E-state index in [0.717, 1.165) is 83.5 Å².